The summed E-state index contributed by atoms with van der Waals surface area (Å²) < 4.78 is 33.4. The monoisotopic (exact) mass is 463 g/mol. The second-order valence-corrected chi connectivity index (χ2v) is 7.49. The third kappa shape index (κ3) is 5.29. The van der Waals surface area contributed by atoms with E-state index in [9.17, 15) is 22.8 Å². The van der Waals surface area contributed by atoms with Crippen molar-refractivity contribution in [3.63, 3.8) is 0 Å². The number of rotatable bonds is 4. The number of benzene rings is 2. The zero-order valence-electron chi connectivity index (χ0n) is 17.3. The molecule has 1 aliphatic heterocycles. The van der Waals surface area contributed by atoms with E-state index in [4.69, 9.17) is 15.6 Å². The number of aliphatic carboxylic acids is 1. The van der Waals surface area contributed by atoms with Gasteiger partial charge in [0.1, 0.15) is 5.52 Å². The van der Waals surface area contributed by atoms with E-state index >= 15 is 0 Å². The molecule has 4 rings (SSSR count). The first-order chi connectivity index (χ1) is 15.4. The first-order valence-corrected chi connectivity index (χ1v) is 9.66. The highest BCUT2D eigenvalue weighted by atomic mass is 19.4. The number of nitrogens with two attached hydrogens (primary N) is 1. The van der Waals surface area contributed by atoms with Crippen LogP contribution in [0.3, 0.4) is 0 Å². The molecule has 1 unspecified atom stereocenters. The summed E-state index contributed by atoms with van der Waals surface area (Å²) in [6, 6.07) is 12.7. The minimum atomic E-state index is -5.08. The molecular weight excluding hydrogens is 443 g/mol. The van der Waals surface area contributed by atoms with E-state index in [1.165, 1.54) is 0 Å². The molecule has 0 spiro atoms. The number of hydrogen-bond acceptors (Lipinski definition) is 5. The molecular formula is C21H20F3N5O4. The van der Waals surface area contributed by atoms with Crippen LogP contribution in [0.15, 0.2) is 48.7 Å². The van der Waals surface area contributed by atoms with E-state index in [2.05, 4.69) is 15.7 Å². The summed E-state index contributed by atoms with van der Waals surface area (Å²) in [6.07, 6.45) is -2.41. The molecule has 5 N–H and O–H groups in total. The second kappa shape index (κ2) is 8.90. The number of aromatic nitrogens is 2. The fourth-order valence-corrected chi connectivity index (χ4v) is 3.04. The van der Waals surface area contributed by atoms with E-state index in [0.717, 1.165) is 29.7 Å². The lowest BCUT2D eigenvalue weighted by Gasteiger charge is -2.38. The first-order valence-electron chi connectivity index (χ1n) is 9.66. The van der Waals surface area contributed by atoms with Gasteiger partial charge in [0.05, 0.1) is 16.8 Å². The SMILES string of the molecule is CC1(C(=O)Nc2ccc(-n3cc4cccc(C(N)=O)c4n3)cc2)CCN1.O=C(O)C(F)(F)F. The fourth-order valence-electron chi connectivity index (χ4n) is 3.04. The molecule has 0 saturated carbocycles. The van der Waals surface area contributed by atoms with Gasteiger partial charge in [-0.2, -0.15) is 18.3 Å². The number of nitrogens with one attached hydrogen (secondary N) is 2. The van der Waals surface area contributed by atoms with Crippen LogP contribution >= 0.6 is 0 Å². The number of carbonyl (C=O) groups is 3. The van der Waals surface area contributed by atoms with Gasteiger partial charge in [0.25, 0.3) is 5.91 Å². The number of hydrogen-bond donors (Lipinski definition) is 4. The number of fused-ring (bicyclic) bond motifs is 1. The van der Waals surface area contributed by atoms with Gasteiger partial charge in [-0.25, -0.2) is 9.48 Å². The molecule has 12 heteroatoms. The zero-order valence-corrected chi connectivity index (χ0v) is 17.3. The minimum absolute atomic E-state index is 0.0348. The second-order valence-electron chi connectivity index (χ2n) is 7.49. The van der Waals surface area contributed by atoms with Crippen LogP contribution in [0, 0.1) is 0 Å². The number of primary amides is 1. The Hall–Kier alpha value is -3.93. The molecule has 9 nitrogen and oxygen atoms in total. The van der Waals surface area contributed by atoms with Gasteiger partial charge in [0, 0.05) is 17.3 Å². The van der Waals surface area contributed by atoms with Crippen LogP contribution in [0.5, 0.6) is 0 Å². The molecule has 2 amide bonds. The van der Waals surface area contributed by atoms with Crippen LogP contribution in [-0.4, -0.2) is 50.9 Å². The molecule has 1 fully saturated rings. The van der Waals surface area contributed by atoms with Crippen molar-refractivity contribution in [1.82, 2.24) is 15.1 Å². The summed E-state index contributed by atoms with van der Waals surface area (Å²) in [7, 11) is 0. The van der Waals surface area contributed by atoms with Crippen molar-refractivity contribution < 1.29 is 32.7 Å². The summed E-state index contributed by atoms with van der Waals surface area (Å²) in [5.74, 6) is -3.29. The molecule has 2 aromatic carbocycles. The molecule has 1 atom stereocenters. The third-order valence-electron chi connectivity index (χ3n) is 5.08. The lowest BCUT2D eigenvalue weighted by molar-refractivity contribution is -0.192. The van der Waals surface area contributed by atoms with Crippen molar-refractivity contribution in [3.05, 3.63) is 54.2 Å². The Kier molecular flexibility index (Phi) is 6.40. The van der Waals surface area contributed by atoms with Gasteiger partial charge in [-0.3, -0.25) is 9.59 Å². The highest BCUT2D eigenvalue weighted by molar-refractivity contribution is 6.04. The van der Waals surface area contributed by atoms with Crippen molar-refractivity contribution in [1.29, 1.82) is 0 Å². The van der Waals surface area contributed by atoms with Crippen LogP contribution in [0.2, 0.25) is 0 Å². The molecule has 33 heavy (non-hydrogen) atoms. The molecule has 3 aromatic rings. The van der Waals surface area contributed by atoms with Gasteiger partial charge < -0.3 is 21.5 Å². The number of amides is 2. The average Bonchev–Trinajstić information content (AvgIpc) is 3.16. The Morgan fingerprint density at radius 1 is 1.18 bits per heavy atom. The minimum Gasteiger partial charge on any atom is -0.475 e. The Morgan fingerprint density at radius 3 is 2.27 bits per heavy atom. The summed E-state index contributed by atoms with van der Waals surface area (Å²) >= 11 is 0. The Balaban J connectivity index is 0.000000383. The number of alkyl halides is 3. The lowest BCUT2D eigenvalue weighted by Crippen LogP contribution is -2.61. The topological polar surface area (TPSA) is 139 Å². The van der Waals surface area contributed by atoms with Gasteiger partial charge in [0.2, 0.25) is 5.91 Å². The van der Waals surface area contributed by atoms with Crippen molar-refractivity contribution in [2.75, 3.05) is 11.9 Å². The number of carboxylic acids is 1. The van der Waals surface area contributed by atoms with Crippen LogP contribution in [0.1, 0.15) is 23.7 Å². The molecule has 1 aliphatic rings. The molecule has 1 aromatic heterocycles. The van der Waals surface area contributed by atoms with Gasteiger partial charge >= 0.3 is 12.1 Å². The van der Waals surface area contributed by atoms with Crippen molar-refractivity contribution in [2.24, 2.45) is 5.73 Å². The Morgan fingerprint density at radius 2 is 1.79 bits per heavy atom. The number of nitrogens with zero attached hydrogens (tertiary/aromatic N) is 2. The predicted molar refractivity (Wildman–Crippen MR) is 113 cm³/mol. The zero-order chi connectivity index (χ0) is 24.4. The largest absolute Gasteiger partial charge is 0.490 e. The summed E-state index contributed by atoms with van der Waals surface area (Å²) in [5.41, 5.74) is 7.44. The maximum Gasteiger partial charge on any atom is 0.490 e. The third-order valence-corrected chi connectivity index (χ3v) is 5.08. The summed E-state index contributed by atoms with van der Waals surface area (Å²) in [5, 5.41) is 18.5. The number of carbonyl (C=O) groups excluding carboxylic acids is 2. The van der Waals surface area contributed by atoms with Crippen molar-refractivity contribution >= 4 is 34.4 Å². The van der Waals surface area contributed by atoms with E-state index in [-0.39, 0.29) is 5.91 Å². The van der Waals surface area contributed by atoms with Gasteiger partial charge in [-0.1, -0.05) is 12.1 Å². The predicted octanol–water partition coefficient (Wildman–Crippen LogP) is 2.45. The van der Waals surface area contributed by atoms with Crippen LogP contribution in [-0.2, 0) is 9.59 Å². The molecule has 2 heterocycles. The lowest BCUT2D eigenvalue weighted by atomic mass is 9.89. The maximum absolute atomic E-state index is 12.3. The molecule has 174 valence electrons. The number of anilines is 1. The van der Waals surface area contributed by atoms with E-state index in [0.29, 0.717) is 11.1 Å². The molecule has 0 radical (unpaired) electrons. The Labute approximate surface area is 185 Å². The van der Waals surface area contributed by atoms with Gasteiger partial charge in [-0.15, -0.1) is 0 Å². The average molecular weight is 463 g/mol. The Bertz CT molecular complexity index is 1200. The first kappa shape index (κ1) is 23.7. The van der Waals surface area contributed by atoms with E-state index in [1.54, 1.807) is 16.8 Å². The van der Waals surface area contributed by atoms with Crippen LogP contribution in [0.25, 0.3) is 16.6 Å². The van der Waals surface area contributed by atoms with Crippen LogP contribution < -0.4 is 16.4 Å². The standard InChI is InChI=1S/C19H19N5O2.C2HF3O2/c1-19(9-10-21-19)18(26)22-13-5-7-14(8-6-13)24-11-12-3-2-4-15(17(20)25)16(12)23-24;3-2(4,5)1(6)7/h2-8,11,21H,9-10H2,1H3,(H2,20,25)(H,22,26);(H,6,7). The highest BCUT2D eigenvalue weighted by Crippen LogP contribution is 2.23. The van der Waals surface area contributed by atoms with Gasteiger partial charge in [0.15, 0.2) is 0 Å². The number of carboxylic acid groups (broad SMARTS) is 1. The quantitative estimate of drug-likeness (QED) is 0.469. The highest BCUT2D eigenvalue weighted by Gasteiger charge is 2.39. The smallest absolute Gasteiger partial charge is 0.475 e. The fraction of sp³-hybridized carbons (Fsp3) is 0.238. The normalized spacial score (nSPS) is 17.5. The van der Waals surface area contributed by atoms with Crippen molar-refractivity contribution in [2.45, 2.75) is 25.1 Å². The summed E-state index contributed by atoms with van der Waals surface area (Å²) in [4.78, 5) is 32.7. The molecule has 0 aliphatic carbocycles. The number of halogens is 3. The molecule has 0 bridgehead atoms. The maximum atomic E-state index is 12.3. The molecule has 1 saturated heterocycles. The van der Waals surface area contributed by atoms with E-state index < -0.39 is 23.6 Å². The van der Waals surface area contributed by atoms with Crippen molar-refractivity contribution in [3.8, 4) is 5.69 Å². The van der Waals surface area contributed by atoms with Crippen LogP contribution in [0.4, 0.5) is 18.9 Å². The van der Waals surface area contributed by atoms with Gasteiger partial charge in [-0.05, 0) is 50.2 Å². The summed E-state index contributed by atoms with van der Waals surface area (Å²) in [6.45, 7) is 2.76. The van der Waals surface area contributed by atoms with E-state index in [1.807, 2.05) is 43.5 Å².